The van der Waals surface area contributed by atoms with Gasteiger partial charge in [0.2, 0.25) is 0 Å². The van der Waals surface area contributed by atoms with Crippen molar-refractivity contribution in [2.75, 3.05) is 5.32 Å². The van der Waals surface area contributed by atoms with Crippen LogP contribution in [0.1, 0.15) is 23.1 Å². The van der Waals surface area contributed by atoms with Crippen molar-refractivity contribution < 1.29 is 13.6 Å². The van der Waals surface area contributed by atoms with Crippen molar-refractivity contribution >= 4 is 27.5 Å². The Hall–Kier alpha value is -1.76. The Labute approximate surface area is 122 Å². The highest BCUT2D eigenvalue weighted by Crippen LogP contribution is 2.23. The van der Waals surface area contributed by atoms with Gasteiger partial charge >= 0.3 is 0 Å². The maximum atomic E-state index is 13.6. The number of carbonyl (C=O) groups excluding carboxylic acids is 1. The van der Waals surface area contributed by atoms with E-state index in [1.165, 1.54) is 4.68 Å². The minimum Gasteiger partial charge on any atom is -0.318 e. The van der Waals surface area contributed by atoms with Gasteiger partial charge in [0.25, 0.3) is 5.91 Å². The van der Waals surface area contributed by atoms with E-state index in [-0.39, 0.29) is 15.9 Å². The fourth-order valence-corrected chi connectivity index (χ4v) is 2.03. The number of nitrogens with zero attached hydrogens (tertiary/aromatic N) is 2. The summed E-state index contributed by atoms with van der Waals surface area (Å²) in [6.07, 6.45) is 0.683. The highest BCUT2D eigenvalue weighted by atomic mass is 79.9. The van der Waals surface area contributed by atoms with Gasteiger partial charge in [0.15, 0.2) is 0 Å². The van der Waals surface area contributed by atoms with Crippen LogP contribution in [0.3, 0.4) is 0 Å². The van der Waals surface area contributed by atoms with Crippen molar-refractivity contribution in [2.45, 2.75) is 13.3 Å². The second-order valence-corrected chi connectivity index (χ2v) is 5.05. The second kappa shape index (κ2) is 5.70. The fourth-order valence-electron chi connectivity index (χ4n) is 1.72. The molecule has 20 heavy (non-hydrogen) atoms. The molecule has 1 N–H and O–H groups in total. The van der Waals surface area contributed by atoms with E-state index in [1.54, 1.807) is 13.1 Å². The number of aryl methyl sites for hydroxylation is 2. The lowest BCUT2D eigenvalue weighted by Crippen LogP contribution is -2.17. The summed E-state index contributed by atoms with van der Waals surface area (Å²) >= 11 is 2.87. The molecule has 0 radical (unpaired) electrons. The van der Waals surface area contributed by atoms with Crippen LogP contribution in [0.4, 0.5) is 14.5 Å². The number of benzene rings is 1. The summed E-state index contributed by atoms with van der Waals surface area (Å²) in [5.74, 6) is -1.91. The summed E-state index contributed by atoms with van der Waals surface area (Å²) in [5, 5.41) is 6.46. The predicted octanol–water partition coefficient (Wildman–Crippen LogP) is 3.28. The van der Waals surface area contributed by atoms with Gasteiger partial charge in [0.05, 0.1) is 15.9 Å². The van der Waals surface area contributed by atoms with Gasteiger partial charge < -0.3 is 5.32 Å². The first-order valence-corrected chi connectivity index (χ1v) is 6.70. The van der Waals surface area contributed by atoms with Crippen molar-refractivity contribution in [1.29, 1.82) is 0 Å². The molecule has 0 aliphatic heterocycles. The number of hydrogen-bond acceptors (Lipinski definition) is 2. The molecule has 0 atom stereocenters. The number of halogens is 3. The van der Waals surface area contributed by atoms with Crippen LogP contribution in [-0.2, 0) is 13.5 Å². The number of carbonyl (C=O) groups is 1. The van der Waals surface area contributed by atoms with Crippen molar-refractivity contribution in [3.63, 3.8) is 0 Å². The molecule has 1 aromatic carbocycles. The van der Waals surface area contributed by atoms with E-state index in [2.05, 4.69) is 26.3 Å². The van der Waals surface area contributed by atoms with Gasteiger partial charge in [-0.25, -0.2) is 8.78 Å². The molecule has 0 spiro atoms. The average Bonchev–Trinajstić information content (AvgIpc) is 2.77. The second-order valence-electron chi connectivity index (χ2n) is 4.20. The van der Waals surface area contributed by atoms with Crippen LogP contribution in [0.2, 0.25) is 0 Å². The van der Waals surface area contributed by atoms with Gasteiger partial charge in [0.1, 0.15) is 17.3 Å². The molecule has 0 fully saturated rings. The number of rotatable bonds is 3. The molecule has 0 saturated carbocycles. The monoisotopic (exact) mass is 343 g/mol. The molecule has 1 heterocycles. The topological polar surface area (TPSA) is 46.9 Å². The first-order valence-electron chi connectivity index (χ1n) is 5.91. The first kappa shape index (κ1) is 14.6. The van der Waals surface area contributed by atoms with E-state index in [1.807, 2.05) is 6.92 Å². The average molecular weight is 344 g/mol. The van der Waals surface area contributed by atoms with Gasteiger partial charge in [-0.2, -0.15) is 5.10 Å². The Balaban J connectivity index is 2.27. The SMILES string of the molecule is CCc1cc(C(=O)Nc2cc(F)c(Br)cc2F)n(C)n1. The lowest BCUT2D eigenvalue weighted by Gasteiger charge is -2.07. The number of hydrogen-bond donors (Lipinski definition) is 1. The molecule has 2 rings (SSSR count). The summed E-state index contributed by atoms with van der Waals surface area (Å²) in [6.45, 7) is 1.91. The maximum Gasteiger partial charge on any atom is 0.274 e. The maximum absolute atomic E-state index is 13.6. The highest BCUT2D eigenvalue weighted by molar-refractivity contribution is 9.10. The molecule has 1 amide bonds. The Morgan fingerprint density at radius 1 is 1.35 bits per heavy atom. The summed E-state index contributed by atoms with van der Waals surface area (Å²) in [4.78, 5) is 12.0. The van der Waals surface area contributed by atoms with E-state index in [4.69, 9.17) is 0 Å². The van der Waals surface area contributed by atoms with Gasteiger partial charge in [0, 0.05) is 13.1 Å². The van der Waals surface area contributed by atoms with Crippen LogP contribution in [-0.4, -0.2) is 15.7 Å². The van der Waals surface area contributed by atoms with Crippen LogP contribution < -0.4 is 5.32 Å². The number of anilines is 1. The molecule has 106 valence electrons. The Morgan fingerprint density at radius 3 is 2.65 bits per heavy atom. The van der Waals surface area contributed by atoms with Gasteiger partial charge in [-0.3, -0.25) is 9.48 Å². The molecule has 0 aliphatic carbocycles. The van der Waals surface area contributed by atoms with Crippen LogP contribution >= 0.6 is 15.9 Å². The number of amides is 1. The summed E-state index contributed by atoms with van der Waals surface area (Å²) in [7, 11) is 1.62. The number of aromatic nitrogens is 2. The van der Waals surface area contributed by atoms with Gasteiger partial charge in [-0.1, -0.05) is 6.92 Å². The quantitative estimate of drug-likeness (QED) is 0.869. The number of nitrogens with one attached hydrogen (secondary N) is 1. The highest BCUT2D eigenvalue weighted by Gasteiger charge is 2.16. The third-order valence-corrected chi connectivity index (χ3v) is 3.39. The molecule has 0 unspecified atom stereocenters. The van der Waals surface area contributed by atoms with E-state index < -0.39 is 17.5 Å². The first-order chi connectivity index (χ1) is 9.42. The van der Waals surface area contributed by atoms with Crippen molar-refractivity contribution in [2.24, 2.45) is 7.05 Å². The third kappa shape index (κ3) is 2.87. The summed E-state index contributed by atoms with van der Waals surface area (Å²) in [6, 6.07) is 3.50. The van der Waals surface area contributed by atoms with E-state index in [0.29, 0.717) is 6.42 Å². The molecule has 2 aromatic rings. The Bertz CT molecular complexity index is 670. The minimum absolute atomic E-state index is 0.00167. The lowest BCUT2D eigenvalue weighted by molar-refractivity contribution is 0.101. The van der Waals surface area contributed by atoms with Crippen LogP contribution in [0.5, 0.6) is 0 Å². The molecule has 0 bridgehead atoms. The van der Waals surface area contributed by atoms with Crippen LogP contribution in [0.25, 0.3) is 0 Å². The Morgan fingerprint density at radius 2 is 2.05 bits per heavy atom. The van der Waals surface area contributed by atoms with E-state index in [0.717, 1.165) is 17.8 Å². The molecule has 0 aliphatic rings. The molecular formula is C13H12BrF2N3O. The predicted molar refractivity (Wildman–Crippen MR) is 74.6 cm³/mol. The van der Waals surface area contributed by atoms with Gasteiger partial charge in [-0.05, 0) is 34.5 Å². The third-order valence-electron chi connectivity index (χ3n) is 2.78. The van der Waals surface area contributed by atoms with E-state index >= 15 is 0 Å². The minimum atomic E-state index is -0.718. The lowest BCUT2D eigenvalue weighted by atomic mass is 10.2. The van der Waals surface area contributed by atoms with Crippen LogP contribution in [0.15, 0.2) is 22.7 Å². The molecule has 4 nitrogen and oxygen atoms in total. The van der Waals surface area contributed by atoms with E-state index in [9.17, 15) is 13.6 Å². The normalized spacial score (nSPS) is 10.7. The van der Waals surface area contributed by atoms with Crippen molar-refractivity contribution in [3.05, 3.63) is 45.7 Å². The zero-order valence-corrected chi connectivity index (χ0v) is 12.5. The molecule has 0 saturated heterocycles. The van der Waals surface area contributed by atoms with Crippen molar-refractivity contribution in [3.8, 4) is 0 Å². The smallest absolute Gasteiger partial charge is 0.274 e. The standard InChI is InChI=1S/C13H12BrF2N3O/c1-3-7-4-12(19(2)18-7)13(20)17-11-6-9(15)8(14)5-10(11)16/h4-6H,3H2,1-2H3,(H,17,20). The van der Waals surface area contributed by atoms with Gasteiger partial charge in [-0.15, -0.1) is 0 Å². The molecule has 7 heteroatoms. The summed E-state index contributed by atoms with van der Waals surface area (Å²) < 4.78 is 28.4. The largest absolute Gasteiger partial charge is 0.318 e. The Kier molecular flexibility index (Phi) is 4.17. The molecule has 1 aromatic heterocycles. The molecular weight excluding hydrogens is 332 g/mol. The fraction of sp³-hybridized carbons (Fsp3) is 0.231. The van der Waals surface area contributed by atoms with Crippen LogP contribution in [0, 0.1) is 11.6 Å². The zero-order valence-electron chi connectivity index (χ0n) is 10.9. The van der Waals surface area contributed by atoms with Crippen molar-refractivity contribution in [1.82, 2.24) is 9.78 Å². The summed E-state index contributed by atoms with van der Waals surface area (Å²) in [5.41, 5.74) is 0.819. The zero-order chi connectivity index (χ0) is 14.9.